The van der Waals surface area contributed by atoms with E-state index in [1.165, 1.54) is 4.31 Å². The molecule has 2 aromatic rings. The van der Waals surface area contributed by atoms with Crippen molar-refractivity contribution >= 4 is 27.5 Å². The van der Waals surface area contributed by atoms with Crippen LogP contribution in [0.25, 0.3) is 0 Å². The van der Waals surface area contributed by atoms with Crippen LogP contribution < -0.4 is 5.32 Å². The molecule has 0 aliphatic carbocycles. The van der Waals surface area contributed by atoms with Gasteiger partial charge in [0.05, 0.1) is 4.90 Å². The van der Waals surface area contributed by atoms with Crippen LogP contribution in [-0.2, 0) is 16.6 Å². The van der Waals surface area contributed by atoms with Gasteiger partial charge in [0.1, 0.15) is 0 Å². The zero-order valence-electron chi connectivity index (χ0n) is 15.1. The number of hydrogen-bond donors (Lipinski definition) is 1. The summed E-state index contributed by atoms with van der Waals surface area (Å²) >= 11 is 5.82. The lowest BCUT2D eigenvalue weighted by molar-refractivity contribution is 0.0951. The van der Waals surface area contributed by atoms with E-state index in [0.29, 0.717) is 30.2 Å². The maximum Gasteiger partial charge on any atom is 0.251 e. The van der Waals surface area contributed by atoms with E-state index in [1.807, 2.05) is 7.05 Å². The Hall–Kier alpha value is -1.93. The Morgan fingerprint density at radius 3 is 2.19 bits per heavy atom. The van der Waals surface area contributed by atoms with Gasteiger partial charge < -0.3 is 10.2 Å². The van der Waals surface area contributed by atoms with E-state index in [0.717, 1.165) is 18.7 Å². The Morgan fingerprint density at radius 2 is 1.59 bits per heavy atom. The highest BCUT2D eigenvalue weighted by atomic mass is 35.5. The van der Waals surface area contributed by atoms with Crippen molar-refractivity contribution in [2.45, 2.75) is 11.4 Å². The molecule has 0 bridgehead atoms. The van der Waals surface area contributed by atoms with Crippen molar-refractivity contribution in [2.24, 2.45) is 0 Å². The van der Waals surface area contributed by atoms with Crippen LogP contribution in [0.15, 0.2) is 53.4 Å². The zero-order valence-corrected chi connectivity index (χ0v) is 16.6. The number of halogens is 1. The molecule has 1 aliphatic rings. The summed E-state index contributed by atoms with van der Waals surface area (Å²) in [7, 11) is -1.49. The van der Waals surface area contributed by atoms with Gasteiger partial charge in [-0.2, -0.15) is 4.31 Å². The van der Waals surface area contributed by atoms with Gasteiger partial charge in [-0.3, -0.25) is 4.79 Å². The van der Waals surface area contributed by atoms with Crippen LogP contribution in [0.3, 0.4) is 0 Å². The van der Waals surface area contributed by atoms with E-state index in [9.17, 15) is 13.2 Å². The van der Waals surface area contributed by atoms with E-state index >= 15 is 0 Å². The van der Waals surface area contributed by atoms with Gasteiger partial charge in [-0.15, -0.1) is 0 Å². The molecule has 6 nitrogen and oxygen atoms in total. The molecule has 2 aromatic carbocycles. The normalized spacial score (nSPS) is 16.2. The third-order valence-corrected chi connectivity index (χ3v) is 6.75. The van der Waals surface area contributed by atoms with Crippen molar-refractivity contribution in [1.82, 2.24) is 14.5 Å². The van der Waals surface area contributed by atoms with Crippen molar-refractivity contribution in [3.63, 3.8) is 0 Å². The molecule has 0 saturated carbocycles. The van der Waals surface area contributed by atoms with Gasteiger partial charge in [0.15, 0.2) is 0 Å². The summed E-state index contributed by atoms with van der Waals surface area (Å²) < 4.78 is 26.9. The Labute approximate surface area is 164 Å². The summed E-state index contributed by atoms with van der Waals surface area (Å²) in [6.45, 7) is 2.77. The summed E-state index contributed by atoms with van der Waals surface area (Å²) in [5.74, 6) is -0.208. The number of hydrogen-bond acceptors (Lipinski definition) is 4. The number of amides is 1. The second kappa shape index (κ2) is 8.39. The number of rotatable bonds is 5. The first kappa shape index (κ1) is 19.8. The highest BCUT2D eigenvalue weighted by Gasteiger charge is 2.27. The Morgan fingerprint density at radius 1 is 1.00 bits per heavy atom. The van der Waals surface area contributed by atoms with E-state index < -0.39 is 10.0 Å². The lowest BCUT2D eigenvalue weighted by Crippen LogP contribution is -2.47. The number of piperazine rings is 1. The molecule has 1 saturated heterocycles. The molecule has 27 heavy (non-hydrogen) atoms. The Bertz CT molecular complexity index is 891. The van der Waals surface area contributed by atoms with Gasteiger partial charge in [0.25, 0.3) is 5.91 Å². The molecule has 8 heteroatoms. The summed E-state index contributed by atoms with van der Waals surface area (Å²) in [5.41, 5.74) is 1.35. The van der Waals surface area contributed by atoms with Gasteiger partial charge in [0, 0.05) is 43.3 Å². The molecule has 1 amide bonds. The van der Waals surface area contributed by atoms with Crippen LogP contribution in [0, 0.1) is 0 Å². The van der Waals surface area contributed by atoms with Gasteiger partial charge in [0.2, 0.25) is 10.0 Å². The highest BCUT2D eigenvalue weighted by Crippen LogP contribution is 2.18. The maximum atomic E-state index is 12.7. The first-order valence-corrected chi connectivity index (χ1v) is 10.5. The van der Waals surface area contributed by atoms with Crippen LogP contribution in [0.4, 0.5) is 0 Å². The topological polar surface area (TPSA) is 69.7 Å². The number of sulfonamides is 1. The fourth-order valence-corrected chi connectivity index (χ4v) is 4.39. The molecule has 1 aliphatic heterocycles. The first-order chi connectivity index (χ1) is 12.9. The molecule has 3 rings (SSSR count). The fourth-order valence-electron chi connectivity index (χ4n) is 2.84. The Balaban J connectivity index is 1.61. The summed E-state index contributed by atoms with van der Waals surface area (Å²) in [4.78, 5) is 14.5. The van der Waals surface area contributed by atoms with Crippen molar-refractivity contribution in [3.05, 3.63) is 64.7 Å². The molecule has 0 spiro atoms. The van der Waals surface area contributed by atoms with Gasteiger partial charge in [-0.1, -0.05) is 23.7 Å². The van der Waals surface area contributed by atoms with Crippen LogP contribution in [0.2, 0.25) is 5.02 Å². The van der Waals surface area contributed by atoms with Crippen LogP contribution in [0.5, 0.6) is 0 Å². The number of carbonyl (C=O) groups is 1. The van der Waals surface area contributed by atoms with Crippen LogP contribution >= 0.6 is 11.6 Å². The fraction of sp³-hybridized carbons (Fsp3) is 0.316. The van der Waals surface area contributed by atoms with Crippen LogP contribution in [-0.4, -0.2) is 56.8 Å². The van der Waals surface area contributed by atoms with Gasteiger partial charge in [-0.25, -0.2) is 8.42 Å². The largest absolute Gasteiger partial charge is 0.348 e. The summed E-state index contributed by atoms with van der Waals surface area (Å²) in [5, 5.41) is 3.39. The standard InChI is InChI=1S/C19H22ClN3O3S/c1-22-10-12-23(13-11-22)27(25,26)18-8-2-15(3-9-18)14-21-19(24)16-4-6-17(20)7-5-16/h2-9H,10-14H2,1H3,(H,21,24). The molecule has 0 radical (unpaired) electrons. The van der Waals surface area contributed by atoms with E-state index in [1.54, 1.807) is 48.5 Å². The van der Waals surface area contributed by atoms with Gasteiger partial charge >= 0.3 is 0 Å². The number of nitrogens with one attached hydrogen (secondary N) is 1. The molecular formula is C19H22ClN3O3S. The molecular weight excluding hydrogens is 386 g/mol. The first-order valence-electron chi connectivity index (χ1n) is 8.68. The predicted octanol–water partition coefficient (Wildman–Crippen LogP) is 2.21. The molecule has 144 valence electrons. The average Bonchev–Trinajstić information content (AvgIpc) is 2.67. The number of carbonyl (C=O) groups excluding carboxylic acids is 1. The summed E-state index contributed by atoms with van der Waals surface area (Å²) in [6, 6.07) is 13.3. The second-order valence-electron chi connectivity index (χ2n) is 6.54. The van der Waals surface area contributed by atoms with Gasteiger partial charge in [-0.05, 0) is 49.0 Å². The minimum absolute atomic E-state index is 0.208. The molecule has 1 heterocycles. The third-order valence-electron chi connectivity index (χ3n) is 4.58. The highest BCUT2D eigenvalue weighted by molar-refractivity contribution is 7.89. The van der Waals surface area contributed by atoms with E-state index in [2.05, 4.69) is 10.2 Å². The minimum Gasteiger partial charge on any atom is -0.348 e. The van der Waals surface area contributed by atoms with E-state index in [-0.39, 0.29) is 10.8 Å². The predicted molar refractivity (Wildman–Crippen MR) is 105 cm³/mol. The lowest BCUT2D eigenvalue weighted by atomic mass is 10.2. The molecule has 1 fully saturated rings. The van der Waals surface area contributed by atoms with Crippen LogP contribution in [0.1, 0.15) is 15.9 Å². The minimum atomic E-state index is -3.47. The smallest absolute Gasteiger partial charge is 0.251 e. The molecule has 0 aromatic heterocycles. The van der Waals surface area contributed by atoms with E-state index in [4.69, 9.17) is 11.6 Å². The van der Waals surface area contributed by atoms with Crippen molar-refractivity contribution in [3.8, 4) is 0 Å². The zero-order chi connectivity index (χ0) is 19.4. The van der Waals surface area contributed by atoms with Crippen molar-refractivity contribution in [1.29, 1.82) is 0 Å². The van der Waals surface area contributed by atoms with Crippen molar-refractivity contribution in [2.75, 3.05) is 33.2 Å². The lowest BCUT2D eigenvalue weighted by Gasteiger charge is -2.31. The van der Waals surface area contributed by atoms with Crippen molar-refractivity contribution < 1.29 is 13.2 Å². The number of benzene rings is 2. The summed E-state index contributed by atoms with van der Waals surface area (Å²) in [6.07, 6.45) is 0. The second-order valence-corrected chi connectivity index (χ2v) is 8.92. The SMILES string of the molecule is CN1CCN(S(=O)(=O)c2ccc(CNC(=O)c3ccc(Cl)cc3)cc2)CC1. The molecule has 0 unspecified atom stereocenters. The Kier molecular flexibility index (Phi) is 6.16. The number of nitrogens with zero attached hydrogens (tertiary/aromatic N) is 2. The average molecular weight is 408 g/mol. The monoisotopic (exact) mass is 407 g/mol. The third kappa shape index (κ3) is 4.87. The quantitative estimate of drug-likeness (QED) is 0.825. The molecule has 1 N–H and O–H groups in total. The number of likely N-dealkylation sites (N-methyl/N-ethyl adjacent to an activating group) is 1. The maximum absolute atomic E-state index is 12.7. The molecule has 0 atom stereocenters.